The van der Waals surface area contributed by atoms with Crippen molar-refractivity contribution in [3.8, 4) is 0 Å². The van der Waals surface area contributed by atoms with Crippen LogP contribution in [0.1, 0.15) is 10.4 Å². The molecule has 0 spiro atoms. The van der Waals surface area contributed by atoms with Gasteiger partial charge >= 0.3 is 0 Å². The lowest BCUT2D eigenvalue weighted by atomic mass is 10.2. The van der Waals surface area contributed by atoms with Crippen LogP contribution < -0.4 is 5.32 Å². The maximum atomic E-state index is 12.2. The highest BCUT2D eigenvalue weighted by atomic mass is 79.9. The number of carbonyl (C=O) groups excluding carboxylic acids is 1. The summed E-state index contributed by atoms with van der Waals surface area (Å²) < 4.78 is 0.829. The molecule has 19 heavy (non-hydrogen) atoms. The molecule has 0 aromatic carbocycles. The van der Waals surface area contributed by atoms with Gasteiger partial charge in [-0.3, -0.25) is 9.78 Å². The van der Waals surface area contributed by atoms with Crippen molar-refractivity contribution < 1.29 is 4.79 Å². The molecule has 5 nitrogen and oxygen atoms in total. The Hall–Kier alpha value is -2.21. The van der Waals surface area contributed by atoms with Gasteiger partial charge in [-0.2, -0.15) is 0 Å². The summed E-state index contributed by atoms with van der Waals surface area (Å²) in [5.74, 6) is -0.195. The Morgan fingerprint density at radius 1 is 1.37 bits per heavy atom. The Morgan fingerprint density at radius 3 is 3.05 bits per heavy atom. The van der Waals surface area contributed by atoms with E-state index in [9.17, 15) is 4.79 Å². The number of hydrogen-bond donors (Lipinski definition) is 2. The molecule has 94 valence electrons. The highest BCUT2D eigenvalue weighted by Gasteiger charge is 2.13. The molecule has 3 heterocycles. The average molecular weight is 317 g/mol. The lowest BCUT2D eigenvalue weighted by Crippen LogP contribution is -2.11. The number of nitrogens with zero attached hydrogens (tertiary/aromatic N) is 2. The first kappa shape index (κ1) is 11.9. The van der Waals surface area contributed by atoms with Crippen molar-refractivity contribution in [3.63, 3.8) is 0 Å². The van der Waals surface area contributed by atoms with Crippen LogP contribution in [0.5, 0.6) is 0 Å². The molecule has 1 amide bonds. The molecule has 3 rings (SSSR count). The first-order chi connectivity index (χ1) is 9.24. The van der Waals surface area contributed by atoms with E-state index in [4.69, 9.17) is 0 Å². The van der Waals surface area contributed by atoms with E-state index in [0.717, 1.165) is 9.86 Å². The zero-order valence-electron chi connectivity index (χ0n) is 9.72. The molecule has 0 saturated heterocycles. The lowest BCUT2D eigenvalue weighted by Gasteiger charge is -2.03. The molecule has 3 aromatic heterocycles. The zero-order valence-corrected chi connectivity index (χ0v) is 11.3. The fourth-order valence-corrected chi connectivity index (χ4v) is 2.13. The Balaban J connectivity index is 1.96. The maximum absolute atomic E-state index is 12.2. The van der Waals surface area contributed by atoms with E-state index in [0.29, 0.717) is 16.9 Å². The van der Waals surface area contributed by atoms with Gasteiger partial charge in [-0.1, -0.05) is 0 Å². The van der Waals surface area contributed by atoms with Crippen LogP contribution >= 0.6 is 15.9 Å². The first-order valence-electron chi connectivity index (χ1n) is 5.58. The number of rotatable bonds is 2. The van der Waals surface area contributed by atoms with Gasteiger partial charge in [-0.25, -0.2) is 4.98 Å². The number of nitrogens with one attached hydrogen (secondary N) is 2. The van der Waals surface area contributed by atoms with E-state index < -0.39 is 0 Å². The zero-order chi connectivity index (χ0) is 13.2. The Kier molecular flexibility index (Phi) is 3.00. The van der Waals surface area contributed by atoms with Gasteiger partial charge in [0, 0.05) is 28.4 Å². The highest BCUT2D eigenvalue weighted by Crippen LogP contribution is 2.21. The third-order valence-corrected chi connectivity index (χ3v) is 3.10. The molecule has 0 bridgehead atoms. The van der Waals surface area contributed by atoms with Crippen molar-refractivity contribution >= 4 is 38.6 Å². The Bertz CT molecular complexity index is 739. The molecule has 2 N–H and O–H groups in total. The van der Waals surface area contributed by atoms with Gasteiger partial charge in [0.15, 0.2) is 0 Å². The van der Waals surface area contributed by atoms with E-state index >= 15 is 0 Å². The Labute approximate surface area is 117 Å². The molecule has 0 radical (unpaired) electrons. The van der Waals surface area contributed by atoms with Crippen LogP contribution in [0.25, 0.3) is 11.0 Å². The van der Waals surface area contributed by atoms with Crippen LogP contribution in [0.15, 0.2) is 47.5 Å². The molecule has 0 aliphatic carbocycles. The molecule has 3 aromatic rings. The third kappa shape index (κ3) is 2.34. The second-order valence-electron chi connectivity index (χ2n) is 3.95. The SMILES string of the molecule is O=C(Nc1cccnc1)c1c[nH]c2ncc(Br)cc12. The van der Waals surface area contributed by atoms with E-state index in [-0.39, 0.29) is 5.91 Å². The predicted octanol–water partition coefficient (Wildman–Crippen LogP) is 2.97. The number of amides is 1. The van der Waals surface area contributed by atoms with E-state index in [1.165, 1.54) is 0 Å². The minimum absolute atomic E-state index is 0.195. The number of fused-ring (bicyclic) bond motifs is 1. The summed E-state index contributed by atoms with van der Waals surface area (Å²) in [5, 5.41) is 3.57. The summed E-state index contributed by atoms with van der Waals surface area (Å²) in [6.07, 6.45) is 6.58. The summed E-state index contributed by atoms with van der Waals surface area (Å²) in [6.45, 7) is 0. The quantitative estimate of drug-likeness (QED) is 0.763. The molecule has 0 fully saturated rings. The van der Waals surface area contributed by atoms with Crippen LogP contribution in [0.4, 0.5) is 5.69 Å². The van der Waals surface area contributed by atoms with Gasteiger partial charge in [0.1, 0.15) is 5.65 Å². The fraction of sp³-hybridized carbons (Fsp3) is 0. The van der Waals surface area contributed by atoms with Crippen molar-refractivity contribution in [2.24, 2.45) is 0 Å². The largest absolute Gasteiger partial charge is 0.345 e. The number of aromatic amines is 1. The monoisotopic (exact) mass is 316 g/mol. The number of anilines is 1. The predicted molar refractivity (Wildman–Crippen MR) is 76.0 cm³/mol. The minimum Gasteiger partial charge on any atom is -0.345 e. The summed E-state index contributed by atoms with van der Waals surface area (Å²) in [5.41, 5.74) is 1.89. The van der Waals surface area contributed by atoms with Crippen LogP contribution in [-0.2, 0) is 0 Å². The molecule has 0 unspecified atom stereocenters. The smallest absolute Gasteiger partial charge is 0.257 e. The van der Waals surface area contributed by atoms with Crippen molar-refractivity contribution in [2.75, 3.05) is 5.32 Å². The molecule has 0 aliphatic heterocycles. The third-order valence-electron chi connectivity index (χ3n) is 2.66. The summed E-state index contributed by atoms with van der Waals surface area (Å²) >= 11 is 3.35. The van der Waals surface area contributed by atoms with E-state index in [1.807, 2.05) is 6.07 Å². The standard InChI is InChI=1S/C13H9BrN4O/c14-8-4-10-11(7-17-12(10)16-5-8)13(19)18-9-2-1-3-15-6-9/h1-7H,(H,16,17)(H,18,19). The highest BCUT2D eigenvalue weighted by molar-refractivity contribution is 9.10. The van der Waals surface area contributed by atoms with Gasteiger partial charge in [0.05, 0.1) is 17.4 Å². The molecule has 0 saturated carbocycles. The van der Waals surface area contributed by atoms with E-state index in [2.05, 4.69) is 36.2 Å². The number of aromatic nitrogens is 3. The number of carbonyl (C=O) groups is 1. The normalized spacial score (nSPS) is 10.6. The first-order valence-corrected chi connectivity index (χ1v) is 6.37. The number of hydrogen-bond acceptors (Lipinski definition) is 3. The van der Waals surface area contributed by atoms with Crippen molar-refractivity contribution in [1.29, 1.82) is 0 Å². The van der Waals surface area contributed by atoms with Crippen molar-refractivity contribution in [1.82, 2.24) is 15.0 Å². The average Bonchev–Trinajstić information content (AvgIpc) is 2.82. The molecule has 6 heteroatoms. The van der Waals surface area contributed by atoms with Crippen LogP contribution in [-0.4, -0.2) is 20.9 Å². The van der Waals surface area contributed by atoms with Crippen LogP contribution in [0.3, 0.4) is 0 Å². The molecular formula is C13H9BrN4O. The molecule has 0 aliphatic rings. The summed E-state index contributed by atoms with van der Waals surface area (Å²) in [7, 11) is 0. The summed E-state index contributed by atoms with van der Waals surface area (Å²) in [4.78, 5) is 23.3. The molecule has 0 atom stereocenters. The number of halogens is 1. The van der Waals surface area contributed by atoms with Gasteiger partial charge in [0.2, 0.25) is 0 Å². The number of pyridine rings is 2. The van der Waals surface area contributed by atoms with Gasteiger partial charge < -0.3 is 10.3 Å². The van der Waals surface area contributed by atoms with Crippen LogP contribution in [0.2, 0.25) is 0 Å². The fourth-order valence-electron chi connectivity index (χ4n) is 1.80. The van der Waals surface area contributed by atoms with Gasteiger partial charge in [0.25, 0.3) is 5.91 Å². The van der Waals surface area contributed by atoms with Crippen molar-refractivity contribution in [2.45, 2.75) is 0 Å². The van der Waals surface area contributed by atoms with Gasteiger partial charge in [-0.05, 0) is 34.1 Å². The summed E-state index contributed by atoms with van der Waals surface area (Å²) in [6, 6.07) is 5.41. The Morgan fingerprint density at radius 2 is 2.26 bits per heavy atom. The molecular weight excluding hydrogens is 308 g/mol. The second-order valence-corrected chi connectivity index (χ2v) is 4.86. The second kappa shape index (κ2) is 4.81. The minimum atomic E-state index is -0.195. The topological polar surface area (TPSA) is 70.7 Å². The number of H-pyrrole nitrogens is 1. The van der Waals surface area contributed by atoms with Crippen molar-refractivity contribution in [3.05, 3.63) is 53.0 Å². The lowest BCUT2D eigenvalue weighted by molar-refractivity contribution is 0.102. The van der Waals surface area contributed by atoms with Gasteiger partial charge in [-0.15, -0.1) is 0 Å². The maximum Gasteiger partial charge on any atom is 0.257 e. The van der Waals surface area contributed by atoms with E-state index in [1.54, 1.807) is 36.9 Å². The van der Waals surface area contributed by atoms with Crippen LogP contribution in [0, 0.1) is 0 Å².